The van der Waals surface area contributed by atoms with Crippen molar-refractivity contribution in [3.8, 4) is 0 Å². The Morgan fingerprint density at radius 1 is 1.43 bits per heavy atom. The van der Waals surface area contributed by atoms with Gasteiger partial charge in [0.2, 0.25) is 0 Å². The van der Waals surface area contributed by atoms with E-state index in [0.29, 0.717) is 6.42 Å². The summed E-state index contributed by atoms with van der Waals surface area (Å²) in [5.74, 6) is -1.32. The van der Waals surface area contributed by atoms with Gasteiger partial charge in [-0.15, -0.1) is 0 Å². The summed E-state index contributed by atoms with van der Waals surface area (Å²) in [5, 5.41) is 13.7. The van der Waals surface area contributed by atoms with Crippen molar-refractivity contribution in [1.82, 2.24) is 9.88 Å². The van der Waals surface area contributed by atoms with Crippen molar-refractivity contribution < 1.29 is 14.1 Å². The Morgan fingerprint density at radius 3 is 2.78 bits per heavy atom. The van der Waals surface area contributed by atoms with Gasteiger partial charge in [-0.05, 0) is 44.0 Å². The minimum Gasteiger partial charge on any atom is -0.354 e. The molecule has 1 aromatic carbocycles. The van der Waals surface area contributed by atoms with Crippen LogP contribution >= 0.6 is 0 Å². The Morgan fingerprint density at radius 2 is 2.17 bits per heavy atom. The molecule has 0 saturated heterocycles. The van der Waals surface area contributed by atoms with E-state index in [4.69, 9.17) is 0 Å². The topological polar surface area (TPSA) is 77.2 Å². The number of carbonyl (C=O) groups excluding carboxylic acids is 1. The van der Waals surface area contributed by atoms with Crippen molar-refractivity contribution in [3.05, 3.63) is 63.7 Å². The summed E-state index contributed by atoms with van der Waals surface area (Å²) in [5.41, 5.74) is 0.470. The average Bonchev–Trinajstić information content (AvgIpc) is 2.90. The molecule has 122 valence electrons. The molecule has 7 heteroatoms. The van der Waals surface area contributed by atoms with Crippen LogP contribution in [0, 0.1) is 15.9 Å². The van der Waals surface area contributed by atoms with Gasteiger partial charge in [0.05, 0.1) is 11.0 Å². The molecule has 0 radical (unpaired) electrons. The van der Waals surface area contributed by atoms with Crippen LogP contribution in [0.3, 0.4) is 0 Å². The largest absolute Gasteiger partial charge is 0.354 e. The van der Waals surface area contributed by atoms with E-state index < -0.39 is 22.3 Å². The van der Waals surface area contributed by atoms with E-state index in [1.54, 1.807) is 0 Å². The van der Waals surface area contributed by atoms with Gasteiger partial charge in [-0.1, -0.05) is 0 Å². The number of hydrogen-bond donors (Lipinski definition) is 1. The molecule has 1 atom stereocenters. The molecule has 23 heavy (non-hydrogen) atoms. The summed E-state index contributed by atoms with van der Waals surface area (Å²) < 4.78 is 15.1. The number of halogens is 1. The van der Waals surface area contributed by atoms with Crippen LogP contribution in [0.2, 0.25) is 0 Å². The van der Waals surface area contributed by atoms with Gasteiger partial charge in [0.25, 0.3) is 11.6 Å². The Kier molecular flexibility index (Phi) is 5.10. The molecule has 0 unspecified atom stereocenters. The first-order valence-corrected chi connectivity index (χ1v) is 7.23. The summed E-state index contributed by atoms with van der Waals surface area (Å²) in [6.45, 7) is 1.83. The summed E-state index contributed by atoms with van der Waals surface area (Å²) in [4.78, 5) is 22.4. The van der Waals surface area contributed by atoms with Gasteiger partial charge >= 0.3 is 0 Å². The third-order valence-electron chi connectivity index (χ3n) is 3.66. The van der Waals surface area contributed by atoms with E-state index in [1.165, 1.54) is 0 Å². The van der Waals surface area contributed by atoms with E-state index in [2.05, 4.69) is 5.32 Å². The molecule has 6 nitrogen and oxygen atoms in total. The molecule has 1 aromatic heterocycles. The predicted molar refractivity (Wildman–Crippen MR) is 83.7 cm³/mol. The van der Waals surface area contributed by atoms with Crippen LogP contribution in [0.4, 0.5) is 10.1 Å². The van der Waals surface area contributed by atoms with E-state index >= 15 is 0 Å². The van der Waals surface area contributed by atoms with Gasteiger partial charge in [0.15, 0.2) is 0 Å². The maximum absolute atomic E-state index is 13.1. The Balaban J connectivity index is 2.01. The third kappa shape index (κ3) is 4.15. The molecular weight excluding hydrogens is 301 g/mol. The summed E-state index contributed by atoms with van der Waals surface area (Å²) in [6.07, 6.45) is 3.41. The van der Waals surface area contributed by atoms with Crippen LogP contribution in [-0.4, -0.2) is 21.4 Å². The summed E-state index contributed by atoms with van der Waals surface area (Å²) >= 11 is 0. The van der Waals surface area contributed by atoms with Gasteiger partial charge in [0, 0.05) is 25.0 Å². The lowest BCUT2D eigenvalue weighted by Crippen LogP contribution is -2.33. The quantitative estimate of drug-likeness (QED) is 0.657. The van der Waals surface area contributed by atoms with Gasteiger partial charge in [0.1, 0.15) is 11.4 Å². The molecule has 0 saturated carbocycles. The van der Waals surface area contributed by atoms with E-state index in [0.717, 1.165) is 30.3 Å². The number of nitro benzene ring substituents is 1. The zero-order valence-corrected chi connectivity index (χ0v) is 13.0. The zero-order chi connectivity index (χ0) is 17.0. The lowest BCUT2D eigenvalue weighted by atomic mass is 10.1. The molecular formula is C16H18FN3O3. The maximum atomic E-state index is 13.1. The van der Waals surface area contributed by atoms with Crippen LogP contribution in [0.15, 0.2) is 36.5 Å². The second-order valence-corrected chi connectivity index (χ2v) is 5.44. The number of benzene rings is 1. The van der Waals surface area contributed by atoms with Crippen LogP contribution in [-0.2, 0) is 13.5 Å². The highest BCUT2D eigenvalue weighted by Crippen LogP contribution is 2.20. The SMILES string of the molecule is C[C@H](CCc1cccn1C)NC(=O)c1ccc(F)cc1[N+](=O)[O-]. The first-order chi connectivity index (χ1) is 10.9. The lowest BCUT2D eigenvalue weighted by molar-refractivity contribution is -0.385. The summed E-state index contributed by atoms with van der Waals surface area (Å²) in [6, 6.07) is 6.70. The fraction of sp³-hybridized carbons (Fsp3) is 0.312. The highest BCUT2D eigenvalue weighted by atomic mass is 19.1. The Hall–Kier alpha value is -2.70. The fourth-order valence-corrected chi connectivity index (χ4v) is 2.34. The van der Waals surface area contributed by atoms with Gasteiger partial charge < -0.3 is 9.88 Å². The number of rotatable bonds is 6. The minimum atomic E-state index is -0.757. The minimum absolute atomic E-state index is 0.137. The van der Waals surface area contributed by atoms with Crippen molar-refractivity contribution in [1.29, 1.82) is 0 Å². The number of aromatic nitrogens is 1. The predicted octanol–water partition coefficient (Wildman–Crippen LogP) is 2.82. The molecule has 0 aliphatic carbocycles. The number of aryl methyl sites for hydroxylation is 2. The lowest BCUT2D eigenvalue weighted by Gasteiger charge is -2.14. The maximum Gasteiger partial charge on any atom is 0.285 e. The van der Waals surface area contributed by atoms with Crippen LogP contribution in [0.1, 0.15) is 29.4 Å². The van der Waals surface area contributed by atoms with Crippen molar-refractivity contribution >= 4 is 11.6 Å². The van der Waals surface area contributed by atoms with Crippen molar-refractivity contribution in [3.63, 3.8) is 0 Å². The van der Waals surface area contributed by atoms with Crippen molar-refractivity contribution in [2.75, 3.05) is 0 Å². The first-order valence-electron chi connectivity index (χ1n) is 7.23. The molecule has 0 spiro atoms. The third-order valence-corrected chi connectivity index (χ3v) is 3.66. The van der Waals surface area contributed by atoms with Crippen LogP contribution < -0.4 is 5.32 Å². The molecule has 1 heterocycles. The molecule has 0 aliphatic heterocycles. The zero-order valence-electron chi connectivity index (χ0n) is 13.0. The highest BCUT2D eigenvalue weighted by molar-refractivity contribution is 5.98. The number of amides is 1. The fourth-order valence-electron chi connectivity index (χ4n) is 2.34. The molecule has 0 aliphatic rings. The van der Waals surface area contributed by atoms with Gasteiger partial charge in [-0.25, -0.2) is 4.39 Å². The van der Waals surface area contributed by atoms with E-state index in [9.17, 15) is 19.3 Å². The molecule has 1 N–H and O–H groups in total. The number of nitrogens with one attached hydrogen (secondary N) is 1. The van der Waals surface area contributed by atoms with E-state index in [1.807, 2.05) is 36.9 Å². The normalized spacial score (nSPS) is 12.0. The molecule has 1 amide bonds. The smallest absolute Gasteiger partial charge is 0.285 e. The second-order valence-electron chi connectivity index (χ2n) is 5.44. The standard InChI is InChI=1S/C16H18FN3O3/c1-11(5-7-13-4-3-9-19(13)2)18-16(21)14-8-6-12(17)10-15(14)20(22)23/h3-4,6,8-11H,5,7H2,1-2H3,(H,18,21)/t11-/m1/s1. The van der Waals surface area contributed by atoms with Crippen molar-refractivity contribution in [2.45, 2.75) is 25.8 Å². The highest BCUT2D eigenvalue weighted by Gasteiger charge is 2.22. The molecule has 2 aromatic rings. The Bertz CT molecular complexity index is 727. The van der Waals surface area contributed by atoms with Crippen molar-refractivity contribution in [2.24, 2.45) is 7.05 Å². The number of nitro groups is 1. The van der Waals surface area contributed by atoms with Crippen LogP contribution in [0.25, 0.3) is 0 Å². The van der Waals surface area contributed by atoms with Gasteiger partial charge in [-0.3, -0.25) is 14.9 Å². The van der Waals surface area contributed by atoms with Gasteiger partial charge in [-0.2, -0.15) is 0 Å². The number of nitrogens with zero attached hydrogens (tertiary/aromatic N) is 2. The number of carbonyl (C=O) groups is 1. The Labute approximate surface area is 133 Å². The van der Waals surface area contributed by atoms with Crippen LogP contribution in [0.5, 0.6) is 0 Å². The monoisotopic (exact) mass is 319 g/mol. The molecule has 0 bridgehead atoms. The number of hydrogen-bond acceptors (Lipinski definition) is 3. The molecule has 0 fully saturated rings. The first kappa shape index (κ1) is 16.7. The second kappa shape index (κ2) is 7.04. The molecule has 2 rings (SSSR count). The average molecular weight is 319 g/mol. The summed E-state index contributed by atoms with van der Waals surface area (Å²) in [7, 11) is 1.94. The van der Waals surface area contributed by atoms with E-state index in [-0.39, 0.29) is 11.6 Å².